The minimum atomic E-state index is -4.71. The van der Waals surface area contributed by atoms with Crippen LogP contribution in [0.5, 0.6) is 5.75 Å². The molecule has 3 nitrogen and oxygen atoms in total. The second-order valence-corrected chi connectivity index (χ2v) is 3.66. The van der Waals surface area contributed by atoms with Crippen molar-refractivity contribution < 1.29 is 17.9 Å². The summed E-state index contributed by atoms with van der Waals surface area (Å²) >= 11 is 0. The van der Waals surface area contributed by atoms with Gasteiger partial charge in [-0.25, -0.2) is 0 Å². The molecule has 0 amide bonds. The second kappa shape index (κ2) is 7.56. The maximum atomic E-state index is 11.9. The molecule has 0 aliphatic heterocycles. The quantitative estimate of drug-likeness (QED) is 0.872. The van der Waals surface area contributed by atoms with Crippen molar-refractivity contribution in [3.63, 3.8) is 0 Å². The first-order chi connectivity index (χ1) is 7.28. The van der Waals surface area contributed by atoms with Crippen LogP contribution < -0.4 is 10.5 Å². The van der Waals surface area contributed by atoms with Crippen LogP contribution in [0.2, 0.25) is 0 Å². The Bertz CT molecular complexity index is 373. The van der Waals surface area contributed by atoms with Crippen molar-refractivity contribution in [1.29, 1.82) is 0 Å². The zero-order valence-corrected chi connectivity index (χ0v) is 11.5. The molecule has 0 heterocycles. The normalized spacial score (nSPS) is 10.6. The molecule has 0 unspecified atom stereocenters. The third kappa shape index (κ3) is 6.78. The number of hydrogen-bond acceptors (Lipinski definition) is 3. The Labute approximate surface area is 116 Å². The fourth-order valence-electron chi connectivity index (χ4n) is 1.28. The molecule has 8 heteroatoms. The first kappa shape index (κ1) is 19.5. The van der Waals surface area contributed by atoms with E-state index < -0.39 is 6.36 Å². The Balaban J connectivity index is 0. The summed E-state index contributed by atoms with van der Waals surface area (Å²) in [5, 5.41) is 0. The van der Waals surface area contributed by atoms with E-state index in [2.05, 4.69) is 4.74 Å². The van der Waals surface area contributed by atoms with Gasteiger partial charge in [-0.1, -0.05) is 6.07 Å². The Morgan fingerprint density at radius 1 is 1.22 bits per heavy atom. The minimum absolute atomic E-state index is 0. The van der Waals surface area contributed by atoms with Gasteiger partial charge in [0.05, 0.1) is 5.69 Å². The number of hydrogen-bond donors (Lipinski definition) is 1. The van der Waals surface area contributed by atoms with Crippen molar-refractivity contribution in [2.75, 3.05) is 19.8 Å². The monoisotopic (exact) mass is 306 g/mol. The summed E-state index contributed by atoms with van der Waals surface area (Å²) in [6, 6.07) is 4.25. The average Bonchev–Trinajstić information content (AvgIpc) is 2.06. The molecule has 1 aromatic carbocycles. The molecule has 0 aliphatic carbocycles. The molecule has 0 saturated heterocycles. The number of nitrogens with two attached hydrogens (primary N) is 1. The average molecular weight is 307 g/mol. The van der Waals surface area contributed by atoms with Crippen LogP contribution in [0.1, 0.15) is 5.56 Å². The second-order valence-electron chi connectivity index (χ2n) is 3.66. The van der Waals surface area contributed by atoms with E-state index in [0.717, 1.165) is 5.56 Å². The van der Waals surface area contributed by atoms with Gasteiger partial charge < -0.3 is 15.4 Å². The van der Waals surface area contributed by atoms with Crippen LogP contribution in [0.4, 0.5) is 18.9 Å². The molecular formula is C10H15Cl2F3N2O. The highest BCUT2D eigenvalue weighted by Crippen LogP contribution is 2.29. The third-order valence-corrected chi connectivity index (χ3v) is 1.80. The molecule has 0 aliphatic rings. The van der Waals surface area contributed by atoms with Gasteiger partial charge in [-0.2, -0.15) is 0 Å². The molecule has 0 saturated carbocycles. The molecule has 0 fully saturated rings. The molecule has 0 spiro atoms. The number of alkyl halides is 3. The number of anilines is 1. The van der Waals surface area contributed by atoms with Crippen molar-refractivity contribution in [3.8, 4) is 5.75 Å². The van der Waals surface area contributed by atoms with E-state index in [-0.39, 0.29) is 36.3 Å². The zero-order valence-electron chi connectivity index (χ0n) is 9.82. The molecule has 1 aromatic rings. The van der Waals surface area contributed by atoms with Crippen LogP contribution in [0.3, 0.4) is 0 Å². The lowest BCUT2D eigenvalue weighted by molar-refractivity contribution is -0.274. The van der Waals surface area contributed by atoms with Crippen LogP contribution in [-0.2, 0) is 6.54 Å². The predicted molar refractivity (Wildman–Crippen MR) is 69.4 cm³/mol. The van der Waals surface area contributed by atoms with Gasteiger partial charge in [0.25, 0.3) is 0 Å². The number of halogens is 5. The Hall–Kier alpha value is -0.850. The van der Waals surface area contributed by atoms with Gasteiger partial charge in [0, 0.05) is 6.54 Å². The van der Waals surface area contributed by atoms with Crippen molar-refractivity contribution >= 4 is 30.5 Å². The van der Waals surface area contributed by atoms with Gasteiger partial charge in [-0.3, -0.25) is 0 Å². The third-order valence-electron chi connectivity index (χ3n) is 1.80. The summed E-state index contributed by atoms with van der Waals surface area (Å²) in [7, 11) is 3.71. The minimum Gasteiger partial charge on any atom is -0.404 e. The molecular weight excluding hydrogens is 292 g/mol. The standard InChI is InChI=1S/C10H13F3N2O.2ClH/c1-15(2)6-7-3-4-9(8(14)5-7)16-10(11,12)13;;/h3-5H,6,14H2,1-2H3;2*1H. The van der Waals surface area contributed by atoms with Crippen LogP contribution in [0.15, 0.2) is 18.2 Å². The Morgan fingerprint density at radius 3 is 2.17 bits per heavy atom. The smallest absolute Gasteiger partial charge is 0.404 e. The van der Waals surface area contributed by atoms with Crippen LogP contribution in [0, 0.1) is 0 Å². The molecule has 0 radical (unpaired) electrons. The lowest BCUT2D eigenvalue weighted by Crippen LogP contribution is -2.18. The maximum Gasteiger partial charge on any atom is 0.573 e. The number of rotatable bonds is 3. The van der Waals surface area contributed by atoms with Crippen molar-refractivity contribution in [1.82, 2.24) is 4.90 Å². The highest BCUT2D eigenvalue weighted by Gasteiger charge is 2.31. The predicted octanol–water partition coefficient (Wildman–Crippen LogP) is 3.07. The lowest BCUT2D eigenvalue weighted by Gasteiger charge is -2.14. The summed E-state index contributed by atoms with van der Waals surface area (Å²) in [6.45, 7) is 0.608. The van der Waals surface area contributed by atoms with Crippen LogP contribution in [-0.4, -0.2) is 25.4 Å². The first-order valence-corrected chi connectivity index (χ1v) is 4.57. The molecule has 0 aromatic heterocycles. The van der Waals surface area contributed by atoms with E-state index in [0.29, 0.717) is 6.54 Å². The number of nitrogen functional groups attached to an aromatic ring is 1. The molecule has 18 heavy (non-hydrogen) atoms. The molecule has 0 bridgehead atoms. The van der Waals surface area contributed by atoms with E-state index >= 15 is 0 Å². The number of benzene rings is 1. The summed E-state index contributed by atoms with van der Waals surface area (Å²) < 4.78 is 39.6. The van der Waals surface area contributed by atoms with Gasteiger partial charge in [-0.05, 0) is 31.8 Å². The van der Waals surface area contributed by atoms with Crippen molar-refractivity contribution in [2.24, 2.45) is 0 Å². The van der Waals surface area contributed by atoms with E-state index in [1.807, 2.05) is 19.0 Å². The molecule has 0 atom stereocenters. The highest BCUT2D eigenvalue weighted by atomic mass is 35.5. The molecule has 2 N–H and O–H groups in total. The van der Waals surface area contributed by atoms with Gasteiger partial charge in [-0.15, -0.1) is 38.0 Å². The van der Waals surface area contributed by atoms with E-state index in [9.17, 15) is 13.2 Å². The summed E-state index contributed by atoms with van der Waals surface area (Å²) in [5.74, 6) is -0.366. The molecule has 106 valence electrons. The maximum absolute atomic E-state index is 11.9. The van der Waals surface area contributed by atoms with Gasteiger partial charge >= 0.3 is 6.36 Å². The summed E-state index contributed by atoms with van der Waals surface area (Å²) in [6.07, 6.45) is -4.71. The van der Waals surface area contributed by atoms with E-state index in [1.165, 1.54) is 12.1 Å². The van der Waals surface area contributed by atoms with E-state index in [1.54, 1.807) is 6.07 Å². The Kier molecular flexibility index (Phi) is 8.18. The van der Waals surface area contributed by atoms with Gasteiger partial charge in [0.15, 0.2) is 5.75 Å². The summed E-state index contributed by atoms with van der Waals surface area (Å²) in [4.78, 5) is 1.89. The van der Waals surface area contributed by atoms with E-state index in [4.69, 9.17) is 5.73 Å². The number of nitrogens with zero attached hydrogens (tertiary/aromatic N) is 1. The van der Waals surface area contributed by atoms with Gasteiger partial charge in [0.1, 0.15) is 0 Å². The topological polar surface area (TPSA) is 38.5 Å². The summed E-state index contributed by atoms with van der Waals surface area (Å²) in [5.41, 5.74) is 6.27. The fraction of sp³-hybridized carbons (Fsp3) is 0.400. The first-order valence-electron chi connectivity index (χ1n) is 4.57. The van der Waals surface area contributed by atoms with Crippen molar-refractivity contribution in [2.45, 2.75) is 12.9 Å². The number of ether oxygens (including phenoxy) is 1. The highest BCUT2D eigenvalue weighted by molar-refractivity contribution is 5.85. The Morgan fingerprint density at radius 2 is 1.78 bits per heavy atom. The van der Waals surface area contributed by atoms with Gasteiger partial charge in [0.2, 0.25) is 0 Å². The fourth-order valence-corrected chi connectivity index (χ4v) is 1.28. The zero-order chi connectivity index (χ0) is 12.3. The van der Waals surface area contributed by atoms with Crippen molar-refractivity contribution in [3.05, 3.63) is 23.8 Å². The molecule has 1 rings (SSSR count). The van der Waals surface area contributed by atoms with Crippen LogP contribution in [0.25, 0.3) is 0 Å². The lowest BCUT2D eigenvalue weighted by atomic mass is 10.2. The largest absolute Gasteiger partial charge is 0.573 e. The SMILES string of the molecule is CN(C)Cc1ccc(OC(F)(F)F)c(N)c1.Cl.Cl. The van der Waals surface area contributed by atoms with Crippen LogP contribution >= 0.6 is 24.8 Å².